The summed E-state index contributed by atoms with van der Waals surface area (Å²) in [6.45, 7) is 6.94. The van der Waals surface area contributed by atoms with Crippen LogP contribution >= 0.6 is 0 Å². The average molecular weight is 508 g/mol. The lowest BCUT2D eigenvalue weighted by Crippen LogP contribution is -2.13. The number of aromatic nitrogens is 4. The lowest BCUT2D eigenvalue weighted by Gasteiger charge is -2.12. The highest BCUT2D eigenvalue weighted by atomic mass is 32.2. The number of benzene rings is 2. The van der Waals surface area contributed by atoms with Crippen LogP contribution in [-0.4, -0.2) is 41.4 Å². The predicted octanol–water partition coefficient (Wildman–Crippen LogP) is 4.34. The topological polar surface area (TPSA) is 117 Å². The molecule has 0 fully saturated rings. The number of aryl methyl sites for hydroxylation is 1. The first-order valence-electron chi connectivity index (χ1n) is 11.4. The summed E-state index contributed by atoms with van der Waals surface area (Å²) < 4.78 is 47.2. The van der Waals surface area contributed by atoms with Gasteiger partial charge in [0, 0.05) is 29.9 Å². The maximum absolute atomic E-state index is 12.9. The molecule has 0 radical (unpaired) electrons. The quantitative estimate of drug-likeness (QED) is 0.410. The second-order valence-electron chi connectivity index (χ2n) is 8.31. The van der Waals surface area contributed by atoms with Crippen molar-refractivity contribution in [2.45, 2.75) is 32.1 Å². The molecule has 2 aromatic heterocycles. The maximum Gasteiger partial charge on any atom is 0.262 e. The first-order chi connectivity index (χ1) is 17.3. The van der Waals surface area contributed by atoms with Crippen molar-refractivity contribution in [1.29, 1.82) is 0 Å². The molecule has 3 heterocycles. The molecule has 186 valence electrons. The van der Waals surface area contributed by atoms with Crippen LogP contribution in [0, 0.1) is 20.8 Å². The first-order valence-corrected chi connectivity index (χ1v) is 12.8. The molecule has 10 nitrogen and oxygen atoms in total. The predicted molar refractivity (Wildman–Crippen MR) is 133 cm³/mol. The zero-order chi connectivity index (χ0) is 25.3. The second-order valence-corrected chi connectivity index (χ2v) is 10.00. The highest BCUT2D eigenvalue weighted by Gasteiger charge is 2.19. The van der Waals surface area contributed by atoms with E-state index in [0.29, 0.717) is 47.8 Å². The second kappa shape index (κ2) is 9.50. The Hall–Kier alpha value is -4.12. The van der Waals surface area contributed by atoms with Crippen molar-refractivity contribution in [3.05, 3.63) is 71.8 Å². The lowest BCUT2D eigenvalue weighted by molar-refractivity contribution is 0.297. The van der Waals surface area contributed by atoms with Gasteiger partial charge in [-0.05, 0) is 62.7 Å². The first kappa shape index (κ1) is 23.6. The molecule has 1 aliphatic heterocycles. The zero-order valence-corrected chi connectivity index (χ0v) is 20.9. The van der Waals surface area contributed by atoms with Crippen LogP contribution in [0.25, 0.3) is 5.82 Å². The molecule has 1 N–H and O–H groups in total. The Kier molecular flexibility index (Phi) is 6.23. The van der Waals surface area contributed by atoms with Gasteiger partial charge in [-0.2, -0.15) is 5.10 Å². The molecule has 0 saturated carbocycles. The Labute approximate surface area is 208 Å². The van der Waals surface area contributed by atoms with Gasteiger partial charge in [0.05, 0.1) is 23.8 Å². The van der Waals surface area contributed by atoms with E-state index in [1.807, 2.05) is 20.8 Å². The fourth-order valence-corrected chi connectivity index (χ4v) is 4.76. The minimum atomic E-state index is -3.83. The van der Waals surface area contributed by atoms with E-state index in [1.54, 1.807) is 41.1 Å². The maximum atomic E-state index is 12.9. The van der Waals surface area contributed by atoms with Crippen LogP contribution in [0.1, 0.15) is 23.4 Å². The van der Waals surface area contributed by atoms with E-state index in [9.17, 15) is 8.42 Å². The molecule has 11 heteroatoms. The van der Waals surface area contributed by atoms with Crippen LogP contribution < -0.4 is 18.9 Å². The molecule has 2 aromatic carbocycles. The molecule has 1 aliphatic rings. The molecule has 4 aromatic rings. The number of nitrogens with zero attached hydrogens (tertiary/aromatic N) is 4. The molecular formula is C25H25N5O5S. The molecule has 0 saturated heterocycles. The largest absolute Gasteiger partial charge is 0.490 e. The van der Waals surface area contributed by atoms with Crippen LogP contribution in [0.15, 0.2) is 59.8 Å². The summed E-state index contributed by atoms with van der Waals surface area (Å²) in [5.41, 5.74) is 3.40. The molecule has 0 spiro atoms. The molecule has 36 heavy (non-hydrogen) atoms. The third-order valence-corrected chi connectivity index (χ3v) is 7.23. The summed E-state index contributed by atoms with van der Waals surface area (Å²) in [6, 6.07) is 12.8. The van der Waals surface area contributed by atoms with Crippen LogP contribution in [0.2, 0.25) is 0 Å². The molecule has 0 aliphatic carbocycles. The van der Waals surface area contributed by atoms with Gasteiger partial charge in [-0.1, -0.05) is 0 Å². The van der Waals surface area contributed by atoms with E-state index in [0.717, 1.165) is 23.4 Å². The summed E-state index contributed by atoms with van der Waals surface area (Å²) >= 11 is 0. The van der Waals surface area contributed by atoms with E-state index < -0.39 is 10.0 Å². The standard InChI is InChI=1S/C25H25N5O5S/c1-16-17(2)28-30(18(16)3)24-14-25(27-15-26-24)35-20-7-5-19(6-8-20)29-36(31,32)21-9-10-22-23(13-21)34-12-4-11-33-22/h5-10,13-15,29H,4,11-12H2,1-3H3. The van der Waals surface area contributed by atoms with E-state index in [1.165, 1.54) is 18.5 Å². The minimum Gasteiger partial charge on any atom is -0.490 e. The fraction of sp³-hybridized carbons (Fsp3) is 0.240. The zero-order valence-electron chi connectivity index (χ0n) is 20.1. The van der Waals surface area contributed by atoms with Crippen molar-refractivity contribution in [2.75, 3.05) is 17.9 Å². The lowest BCUT2D eigenvalue weighted by atomic mass is 10.2. The van der Waals surface area contributed by atoms with Gasteiger partial charge >= 0.3 is 0 Å². The number of rotatable bonds is 6. The Balaban J connectivity index is 1.30. The van der Waals surface area contributed by atoms with E-state index in [-0.39, 0.29) is 4.90 Å². The number of hydrogen-bond acceptors (Lipinski definition) is 8. The minimum absolute atomic E-state index is 0.0833. The molecule has 0 amide bonds. The van der Waals surface area contributed by atoms with Crippen LogP contribution in [0.3, 0.4) is 0 Å². The van der Waals surface area contributed by atoms with Gasteiger partial charge in [0.15, 0.2) is 17.3 Å². The number of ether oxygens (including phenoxy) is 3. The average Bonchev–Trinajstić information content (AvgIpc) is 3.03. The van der Waals surface area contributed by atoms with E-state index in [4.69, 9.17) is 14.2 Å². The third kappa shape index (κ3) is 4.82. The summed E-state index contributed by atoms with van der Waals surface area (Å²) in [5, 5.41) is 4.52. The molecule has 5 rings (SSSR count). The molecule has 0 unspecified atom stereocenters. The molecule has 0 bridgehead atoms. The summed E-state index contributed by atoms with van der Waals surface area (Å²) in [4.78, 5) is 8.56. The SMILES string of the molecule is Cc1nn(-c2cc(Oc3ccc(NS(=O)(=O)c4ccc5c(c4)OCCCO5)cc3)ncn2)c(C)c1C. The van der Waals surface area contributed by atoms with Gasteiger partial charge in [-0.15, -0.1) is 0 Å². The number of fused-ring (bicyclic) bond motifs is 1. The van der Waals surface area contributed by atoms with Gasteiger partial charge in [0.1, 0.15) is 12.1 Å². The van der Waals surface area contributed by atoms with Gasteiger partial charge in [0.25, 0.3) is 10.0 Å². The van der Waals surface area contributed by atoms with Crippen LogP contribution in [0.4, 0.5) is 5.69 Å². The van der Waals surface area contributed by atoms with E-state index >= 15 is 0 Å². The molecule has 0 atom stereocenters. The van der Waals surface area contributed by atoms with Crippen LogP contribution in [0.5, 0.6) is 23.1 Å². The van der Waals surface area contributed by atoms with Gasteiger partial charge in [0.2, 0.25) is 5.88 Å². The van der Waals surface area contributed by atoms with Crippen molar-refractivity contribution in [3.8, 4) is 28.9 Å². The third-order valence-electron chi connectivity index (χ3n) is 5.86. The summed E-state index contributed by atoms with van der Waals surface area (Å²) in [6.07, 6.45) is 2.15. The highest BCUT2D eigenvalue weighted by molar-refractivity contribution is 7.92. The number of anilines is 1. The van der Waals surface area contributed by atoms with Crippen molar-refractivity contribution in [1.82, 2.24) is 19.7 Å². The fourth-order valence-electron chi connectivity index (χ4n) is 3.68. The van der Waals surface area contributed by atoms with Gasteiger partial charge in [-0.3, -0.25) is 4.72 Å². The van der Waals surface area contributed by atoms with E-state index in [2.05, 4.69) is 19.8 Å². The van der Waals surface area contributed by atoms with Crippen molar-refractivity contribution in [3.63, 3.8) is 0 Å². The van der Waals surface area contributed by atoms with Gasteiger partial charge < -0.3 is 14.2 Å². The monoisotopic (exact) mass is 507 g/mol. The number of nitrogens with one attached hydrogen (secondary N) is 1. The van der Waals surface area contributed by atoms with Crippen molar-refractivity contribution < 1.29 is 22.6 Å². The van der Waals surface area contributed by atoms with Crippen molar-refractivity contribution in [2.24, 2.45) is 0 Å². The Morgan fingerprint density at radius 2 is 1.69 bits per heavy atom. The Bertz CT molecular complexity index is 1520. The van der Waals surface area contributed by atoms with Crippen LogP contribution in [-0.2, 0) is 10.0 Å². The normalized spacial score (nSPS) is 13.2. The summed E-state index contributed by atoms with van der Waals surface area (Å²) in [5.74, 6) is 2.37. The summed E-state index contributed by atoms with van der Waals surface area (Å²) in [7, 11) is -3.83. The highest BCUT2D eigenvalue weighted by Crippen LogP contribution is 2.32. The smallest absolute Gasteiger partial charge is 0.262 e. The molecular weight excluding hydrogens is 482 g/mol. The Morgan fingerprint density at radius 3 is 2.42 bits per heavy atom. The van der Waals surface area contributed by atoms with Crippen molar-refractivity contribution >= 4 is 15.7 Å². The number of sulfonamides is 1. The Morgan fingerprint density at radius 1 is 0.944 bits per heavy atom. The van der Waals surface area contributed by atoms with Gasteiger partial charge in [-0.25, -0.2) is 23.1 Å². The number of hydrogen-bond donors (Lipinski definition) is 1.